The third kappa shape index (κ3) is 6.02. The Bertz CT molecular complexity index is 1200. The summed E-state index contributed by atoms with van der Waals surface area (Å²) in [6.45, 7) is 2.27. The van der Waals surface area contributed by atoms with Crippen LogP contribution in [0.4, 0.5) is 5.69 Å². The van der Waals surface area contributed by atoms with Crippen molar-refractivity contribution in [2.45, 2.75) is 13.5 Å². The van der Waals surface area contributed by atoms with E-state index in [9.17, 15) is 10.1 Å². The monoisotopic (exact) mass is 558 g/mol. The number of nitriles is 1. The largest absolute Gasteiger partial charge is 0.493 e. The fourth-order valence-electron chi connectivity index (χ4n) is 2.88. The molecule has 162 valence electrons. The molecule has 5 nitrogen and oxygen atoms in total. The number of amides is 1. The second kappa shape index (κ2) is 11.0. The van der Waals surface area contributed by atoms with Crippen LogP contribution in [0.2, 0.25) is 5.02 Å². The minimum atomic E-state index is -0.522. The molecule has 0 unspecified atom stereocenters. The van der Waals surface area contributed by atoms with Gasteiger partial charge in [-0.15, -0.1) is 0 Å². The normalized spacial score (nSPS) is 10.9. The van der Waals surface area contributed by atoms with Crippen LogP contribution < -0.4 is 14.8 Å². The second-order valence-electron chi connectivity index (χ2n) is 6.90. The molecular formula is C25H20ClIN2O3. The van der Waals surface area contributed by atoms with Gasteiger partial charge >= 0.3 is 0 Å². The Kier molecular flexibility index (Phi) is 8.14. The quantitative estimate of drug-likeness (QED) is 0.207. The first-order valence-electron chi connectivity index (χ1n) is 9.65. The SMILES string of the molecule is COc1cc(/C=C(/C#N)C(=O)Nc2ccc(C)c(Cl)c2)cc(I)c1OCc1ccccc1. The fraction of sp³-hybridized carbons (Fsp3) is 0.120. The Labute approximate surface area is 205 Å². The van der Waals surface area contributed by atoms with Gasteiger partial charge in [0.05, 0.1) is 10.7 Å². The fourth-order valence-corrected chi connectivity index (χ4v) is 3.84. The van der Waals surface area contributed by atoms with Crippen molar-refractivity contribution in [3.63, 3.8) is 0 Å². The Hall–Kier alpha value is -3.02. The van der Waals surface area contributed by atoms with E-state index in [4.69, 9.17) is 21.1 Å². The van der Waals surface area contributed by atoms with E-state index < -0.39 is 5.91 Å². The van der Waals surface area contributed by atoms with Gasteiger partial charge in [-0.25, -0.2) is 0 Å². The Morgan fingerprint density at radius 2 is 1.94 bits per heavy atom. The molecule has 0 saturated carbocycles. The van der Waals surface area contributed by atoms with Gasteiger partial charge in [-0.2, -0.15) is 5.26 Å². The molecule has 0 bridgehead atoms. The van der Waals surface area contributed by atoms with Crippen molar-refractivity contribution in [3.8, 4) is 17.6 Å². The van der Waals surface area contributed by atoms with Crippen LogP contribution >= 0.6 is 34.2 Å². The van der Waals surface area contributed by atoms with E-state index in [1.54, 1.807) is 31.4 Å². The zero-order chi connectivity index (χ0) is 23.1. The summed E-state index contributed by atoms with van der Waals surface area (Å²) in [4.78, 5) is 12.6. The lowest BCUT2D eigenvalue weighted by molar-refractivity contribution is -0.112. The number of halogens is 2. The molecule has 3 aromatic carbocycles. The minimum Gasteiger partial charge on any atom is -0.493 e. The number of aryl methyl sites for hydroxylation is 1. The molecule has 32 heavy (non-hydrogen) atoms. The van der Waals surface area contributed by atoms with Crippen LogP contribution in [0.1, 0.15) is 16.7 Å². The Balaban J connectivity index is 1.82. The number of rotatable bonds is 7. The van der Waals surface area contributed by atoms with Gasteiger partial charge in [-0.1, -0.05) is 48.0 Å². The summed E-state index contributed by atoms with van der Waals surface area (Å²) >= 11 is 8.26. The standard InChI is InChI=1S/C25H20ClIN2O3/c1-16-8-9-20(13-21(16)26)29-25(30)19(14-28)10-18-11-22(27)24(23(12-18)31-2)32-15-17-6-4-3-5-7-17/h3-13H,15H2,1-2H3,(H,29,30)/b19-10-. The predicted octanol–water partition coefficient (Wildman–Crippen LogP) is 6.39. The van der Waals surface area contributed by atoms with Gasteiger partial charge in [-0.05, 0) is 76.5 Å². The number of ether oxygens (including phenoxy) is 2. The summed E-state index contributed by atoms with van der Waals surface area (Å²) in [7, 11) is 1.55. The Morgan fingerprint density at radius 3 is 2.59 bits per heavy atom. The average Bonchev–Trinajstić information content (AvgIpc) is 2.79. The van der Waals surface area contributed by atoms with E-state index in [1.165, 1.54) is 6.08 Å². The van der Waals surface area contributed by atoms with Crippen molar-refractivity contribution in [2.24, 2.45) is 0 Å². The van der Waals surface area contributed by atoms with Crippen molar-refractivity contribution in [3.05, 3.63) is 91.5 Å². The van der Waals surface area contributed by atoms with Gasteiger partial charge in [0, 0.05) is 10.7 Å². The van der Waals surface area contributed by atoms with Crippen molar-refractivity contribution in [2.75, 3.05) is 12.4 Å². The number of anilines is 1. The van der Waals surface area contributed by atoms with Crippen molar-refractivity contribution in [1.29, 1.82) is 5.26 Å². The summed E-state index contributed by atoms with van der Waals surface area (Å²) in [5.41, 5.74) is 3.05. The molecule has 7 heteroatoms. The number of hydrogen-bond acceptors (Lipinski definition) is 4. The van der Waals surface area contributed by atoms with Gasteiger partial charge in [-0.3, -0.25) is 4.79 Å². The lowest BCUT2D eigenvalue weighted by Crippen LogP contribution is -2.13. The molecular weight excluding hydrogens is 539 g/mol. The third-order valence-corrected chi connectivity index (χ3v) is 5.79. The van der Waals surface area contributed by atoms with Crippen LogP contribution in [-0.4, -0.2) is 13.0 Å². The zero-order valence-electron chi connectivity index (χ0n) is 17.5. The highest BCUT2D eigenvalue weighted by Gasteiger charge is 2.14. The molecule has 0 aliphatic carbocycles. The number of carbonyl (C=O) groups excluding carboxylic acids is 1. The van der Waals surface area contributed by atoms with E-state index in [-0.39, 0.29) is 5.57 Å². The molecule has 1 N–H and O–H groups in total. The molecule has 1 amide bonds. The molecule has 3 rings (SSSR count). The van der Waals surface area contributed by atoms with Gasteiger partial charge in [0.1, 0.15) is 18.2 Å². The lowest BCUT2D eigenvalue weighted by Gasteiger charge is -2.14. The van der Waals surface area contributed by atoms with Gasteiger partial charge in [0.2, 0.25) is 0 Å². The van der Waals surface area contributed by atoms with Crippen LogP contribution in [0.3, 0.4) is 0 Å². The minimum absolute atomic E-state index is 0.0440. The molecule has 0 fully saturated rings. The summed E-state index contributed by atoms with van der Waals surface area (Å²) in [6, 6.07) is 20.5. The number of hydrogen-bond donors (Lipinski definition) is 1. The smallest absolute Gasteiger partial charge is 0.266 e. The van der Waals surface area contributed by atoms with E-state index in [2.05, 4.69) is 27.9 Å². The highest BCUT2D eigenvalue weighted by atomic mass is 127. The zero-order valence-corrected chi connectivity index (χ0v) is 20.4. The van der Waals surface area contributed by atoms with Crippen molar-refractivity contribution < 1.29 is 14.3 Å². The second-order valence-corrected chi connectivity index (χ2v) is 8.47. The molecule has 0 heterocycles. The number of benzene rings is 3. The number of methoxy groups -OCH3 is 1. The maximum Gasteiger partial charge on any atom is 0.266 e. The topological polar surface area (TPSA) is 71.3 Å². The van der Waals surface area contributed by atoms with Crippen LogP contribution in [-0.2, 0) is 11.4 Å². The molecule has 0 aromatic heterocycles. The van der Waals surface area contributed by atoms with Crippen LogP contribution in [0.5, 0.6) is 11.5 Å². The maximum absolute atomic E-state index is 12.6. The van der Waals surface area contributed by atoms with Crippen LogP contribution in [0.15, 0.2) is 66.2 Å². The van der Waals surface area contributed by atoms with Crippen molar-refractivity contribution >= 4 is 51.9 Å². The number of carbonyl (C=O) groups is 1. The van der Waals surface area contributed by atoms with Gasteiger partial charge in [0.15, 0.2) is 11.5 Å². The molecule has 3 aromatic rings. The molecule has 0 spiro atoms. The third-order valence-electron chi connectivity index (χ3n) is 4.58. The molecule has 0 aliphatic heterocycles. The first-order chi connectivity index (χ1) is 15.4. The highest BCUT2D eigenvalue weighted by molar-refractivity contribution is 14.1. The first-order valence-corrected chi connectivity index (χ1v) is 11.1. The van der Waals surface area contributed by atoms with Gasteiger partial charge < -0.3 is 14.8 Å². The van der Waals surface area contributed by atoms with E-state index in [0.29, 0.717) is 34.4 Å². The maximum atomic E-state index is 12.6. The molecule has 0 atom stereocenters. The molecule has 0 saturated heterocycles. The van der Waals surface area contributed by atoms with Gasteiger partial charge in [0.25, 0.3) is 5.91 Å². The summed E-state index contributed by atoms with van der Waals surface area (Å²) in [6.07, 6.45) is 1.51. The average molecular weight is 559 g/mol. The number of nitrogens with one attached hydrogen (secondary N) is 1. The summed E-state index contributed by atoms with van der Waals surface area (Å²) in [5.74, 6) is 0.597. The molecule has 0 aliphatic rings. The Morgan fingerprint density at radius 1 is 1.19 bits per heavy atom. The van der Waals surface area contributed by atoms with E-state index in [0.717, 1.165) is 14.7 Å². The van der Waals surface area contributed by atoms with Crippen molar-refractivity contribution in [1.82, 2.24) is 0 Å². The number of nitrogens with zero attached hydrogens (tertiary/aromatic N) is 1. The first kappa shape index (κ1) is 23.6. The lowest BCUT2D eigenvalue weighted by atomic mass is 10.1. The summed E-state index contributed by atoms with van der Waals surface area (Å²) in [5, 5.41) is 12.8. The molecule has 0 radical (unpaired) electrons. The summed E-state index contributed by atoms with van der Waals surface area (Å²) < 4.78 is 12.3. The highest BCUT2D eigenvalue weighted by Crippen LogP contribution is 2.35. The van der Waals surface area contributed by atoms with E-state index >= 15 is 0 Å². The van der Waals surface area contributed by atoms with Crippen LogP contribution in [0, 0.1) is 21.8 Å². The van der Waals surface area contributed by atoms with E-state index in [1.807, 2.05) is 49.4 Å². The van der Waals surface area contributed by atoms with Crippen LogP contribution in [0.25, 0.3) is 6.08 Å². The predicted molar refractivity (Wildman–Crippen MR) is 135 cm³/mol.